The van der Waals surface area contributed by atoms with Crippen molar-refractivity contribution < 1.29 is 24.1 Å². The number of ketones is 1. The lowest BCUT2D eigenvalue weighted by atomic mass is 9.78. The minimum atomic E-state index is -0.690. The van der Waals surface area contributed by atoms with Crippen LogP contribution in [0.4, 0.5) is 0 Å². The van der Waals surface area contributed by atoms with Crippen LogP contribution in [-0.4, -0.2) is 56.6 Å². The van der Waals surface area contributed by atoms with Crippen LogP contribution < -0.4 is 10.5 Å². The summed E-state index contributed by atoms with van der Waals surface area (Å²) in [5.41, 5.74) is 8.92. The molecule has 37 heavy (non-hydrogen) atoms. The minimum Gasteiger partial charge on any atom is -0.493 e. The van der Waals surface area contributed by atoms with Crippen molar-refractivity contribution in [1.82, 2.24) is 0 Å². The van der Waals surface area contributed by atoms with Crippen LogP contribution in [0.1, 0.15) is 77.3 Å². The monoisotopic (exact) mass is 519 g/mol. The average Bonchev–Trinajstić information content (AvgIpc) is 2.86. The van der Waals surface area contributed by atoms with Crippen molar-refractivity contribution in [2.24, 2.45) is 35.3 Å². The summed E-state index contributed by atoms with van der Waals surface area (Å²) < 4.78 is 16.6. The van der Waals surface area contributed by atoms with Gasteiger partial charge in [-0.1, -0.05) is 39.8 Å². The number of carbonyl (C=O) groups excluding carboxylic acids is 1. The SMILES string of the molecule is COCCCOc1cc(C[C@@H](C[C@H](N)[C@@H](O)C[C@H](C(=O)CC2CCOCC2)C(C)C)C(C)C)ccc1C. The first kappa shape index (κ1) is 31.7. The second kappa shape index (κ2) is 16.5. The van der Waals surface area contributed by atoms with Crippen molar-refractivity contribution in [1.29, 1.82) is 0 Å². The highest BCUT2D eigenvalue weighted by Crippen LogP contribution is 2.30. The smallest absolute Gasteiger partial charge is 0.136 e. The average molecular weight is 520 g/mol. The number of nitrogens with two attached hydrogens (primary N) is 1. The van der Waals surface area contributed by atoms with Crippen molar-refractivity contribution >= 4 is 5.78 Å². The van der Waals surface area contributed by atoms with Gasteiger partial charge in [-0.3, -0.25) is 4.79 Å². The molecule has 6 nitrogen and oxygen atoms in total. The molecule has 0 spiro atoms. The van der Waals surface area contributed by atoms with Gasteiger partial charge in [-0.05, 0) is 79.9 Å². The Morgan fingerprint density at radius 2 is 1.81 bits per heavy atom. The fourth-order valence-electron chi connectivity index (χ4n) is 5.31. The van der Waals surface area contributed by atoms with E-state index in [1.807, 2.05) is 0 Å². The van der Waals surface area contributed by atoms with Crippen molar-refractivity contribution in [2.45, 2.75) is 91.7 Å². The Morgan fingerprint density at radius 1 is 1.11 bits per heavy atom. The van der Waals surface area contributed by atoms with Crippen molar-refractivity contribution in [3.63, 3.8) is 0 Å². The molecule has 1 saturated heterocycles. The van der Waals surface area contributed by atoms with Crippen LogP contribution in [0.2, 0.25) is 0 Å². The van der Waals surface area contributed by atoms with E-state index in [2.05, 4.69) is 52.8 Å². The van der Waals surface area contributed by atoms with Crippen molar-refractivity contribution in [3.8, 4) is 5.75 Å². The number of Topliss-reactive ketones (excluding diaryl/α,β-unsaturated/α-hetero) is 1. The standard InChI is InChI=1S/C31H53NO5/c1-21(2)26(16-25-9-8-23(5)31(18-25)37-13-7-12-35-6)19-28(32)30(34)20-27(22(3)4)29(33)17-24-10-14-36-15-11-24/h8-9,18,21-22,24,26-28,30,34H,7,10-17,19-20,32H2,1-6H3/t26-,27-,28-,30-/m0/s1. The molecule has 1 fully saturated rings. The maximum absolute atomic E-state index is 13.1. The lowest BCUT2D eigenvalue weighted by molar-refractivity contribution is -0.127. The molecular weight excluding hydrogens is 466 g/mol. The molecule has 0 amide bonds. The quantitative estimate of drug-likeness (QED) is 0.270. The molecule has 0 aliphatic carbocycles. The first-order valence-electron chi connectivity index (χ1n) is 14.4. The molecule has 1 aliphatic rings. The van der Waals surface area contributed by atoms with Gasteiger partial charge in [0, 0.05) is 51.7 Å². The lowest BCUT2D eigenvalue weighted by Crippen LogP contribution is -2.40. The molecule has 2 rings (SSSR count). The molecule has 212 valence electrons. The number of hydrogen-bond donors (Lipinski definition) is 2. The van der Waals surface area contributed by atoms with Crippen LogP contribution in [0, 0.1) is 36.5 Å². The number of aliphatic hydroxyl groups is 1. The van der Waals surface area contributed by atoms with E-state index in [0.717, 1.165) is 56.6 Å². The summed E-state index contributed by atoms with van der Waals surface area (Å²) in [6.07, 6.45) is 4.70. The molecule has 3 N–H and O–H groups in total. The third kappa shape index (κ3) is 11.0. The summed E-state index contributed by atoms with van der Waals surface area (Å²) >= 11 is 0. The predicted molar refractivity (Wildman–Crippen MR) is 150 cm³/mol. The number of benzene rings is 1. The lowest BCUT2D eigenvalue weighted by Gasteiger charge is -2.31. The minimum absolute atomic E-state index is 0.156. The van der Waals surface area contributed by atoms with E-state index in [1.165, 1.54) is 5.56 Å². The molecule has 1 aromatic carbocycles. The molecule has 4 atom stereocenters. The molecule has 1 aliphatic heterocycles. The molecule has 1 heterocycles. The van der Waals surface area contributed by atoms with Gasteiger partial charge in [-0.15, -0.1) is 0 Å². The van der Waals surface area contributed by atoms with Gasteiger partial charge >= 0.3 is 0 Å². The van der Waals surface area contributed by atoms with Crippen LogP contribution in [0.3, 0.4) is 0 Å². The van der Waals surface area contributed by atoms with E-state index in [9.17, 15) is 9.90 Å². The molecule has 0 unspecified atom stereocenters. The highest BCUT2D eigenvalue weighted by atomic mass is 16.5. The van der Waals surface area contributed by atoms with Gasteiger partial charge in [0.15, 0.2) is 0 Å². The Balaban J connectivity index is 1.97. The molecule has 0 saturated carbocycles. The van der Waals surface area contributed by atoms with Gasteiger partial charge in [0.1, 0.15) is 11.5 Å². The Hall–Kier alpha value is -1.47. The second-order valence-electron chi connectivity index (χ2n) is 11.8. The number of aryl methyl sites for hydroxylation is 1. The maximum atomic E-state index is 13.1. The zero-order chi connectivity index (χ0) is 27.4. The largest absolute Gasteiger partial charge is 0.493 e. The first-order valence-corrected chi connectivity index (χ1v) is 14.4. The number of ether oxygens (including phenoxy) is 3. The second-order valence-corrected chi connectivity index (χ2v) is 11.8. The predicted octanol–water partition coefficient (Wildman–Crippen LogP) is 5.35. The van der Waals surface area contributed by atoms with E-state index in [1.54, 1.807) is 7.11 Å². The normalized spacial score (nSPS) is 18.1. The topological polar surface area (TPSA) is 91.0 Å². The number of methoxy groups -OCH3 is 1. The van der Waals surface area contributed by atoms with Gasteiger partial charge in [-0.2, -0.15) is 0 Å². The summed E-state index contributed by atoms with van der Waals surface area (Å²) in [4.78, 5) is 13.1. The van der Waals surface area contributed by atoms with Crippen LogP contribution in [0.25, 0.3) is 0 Å². The van der Waals surface area contributed by atoms with Crippen LogP contribution >= 0.6 is 0 Å². The van der Waals surface area contributed by atoms with E-state index < -0.39 is 6.10 Å². The highest BCUT2D eigenvalue weighted by Gasteiger charge is 2.31. The summed E-state index contributed by atoms with van der Waals surface area (Å²) in [5.74, 6) is 2.36. The van der Waals surface area contributed by atoms with Gasteiger partial charge in [0.25, 0.3) is 0 Å². The van der Waals surface area contributed by atoms with Gasteiger partial charge in [0.05, 0.1) is 12.7 Å². The number of rotatable bonds is 17. The highest BCUT2D eigenvalue weighted by molar-refractivity contribution is 5.81. The Morgan fingerprint density at radius 3 is 2.43 bits per heavy atom. The Bertz CT molecular complexity index is 790. The Labute approximate surface area is 225 Å². The molecule has 0 radical (unpaired) electrons. The van der Waals surface area contributed by atoms with Crippen molar-refractivity contribution in [3.05, 3.63) is 29.3 Å². The van der Waals surface area contributed by atoms with Crippen LogP contribution in [-0.2, 0) is 20.7 Å². The van der Waals surface area contributed by atoms with E-state index in [-0.39, 0.29) is 23.7 Å². The summed E-state index contributed by atoms with van der Waals surface area (Å²) in [6.45, 7) is 13.5. The van der Waals surface area contributed by atoms with E-state index in [0.29, 0.717) is 43.8 Å². The molecular formula is C31H53NO5. The van der Waals surface area contributed by atoms with Gasteiger partial charge in [0.2, 0.25) is 0 Å². The third-order valence-corrected chi connectivity index (χ3v) is 8.06. The van der Waals surface area contributed by atoms with Crippen molar-refractivity contribution in [2.75, 3.05) is 33.5 Å². The van der Waals surface area contributed by atoms with Gasteiger partial charge in [-0.25, -0.2) is 0 Å². The fraction of sp³-hybridized carbons (Fsp3) is 0.774. The zero-order valence-corrected chi connectivity index (χ0v) is 24.2. The number of aliphatic hydroxyl groups excluding tert-OH is 1. The number of hydrogen-bond acceptors (Lipinski definition) is 6. The molecule has 1 aromatic rings. The van der Waals surface area contributed by atoms with E-state index >= 15 is 0 Å². The summed E-state index contributed by atoms with van der Waals surface area (Å²) in [5, 5.41) is 11.1. The van der Waals surface area contributed by atoms with E-state index in [4.69, 9.17) is 19.9 Å². The Kier molecular flexibility index (Phi) is 14.1. The molecule has 6 heteroatoms. The fourth-order valence-corrected chi connectivity index (χ4v) is 5.31. The number of carbonyl (C=O) groups is 1. The molecule has 0 bridgehead atoms. The van der Waals surface area contributed by atoms with Crippen LogP contribution in [0.15, 0.2) is 18.2 Å². The van der Waals surface area contributed by atoms with Gasteiger partial charge < -0.3 is 25.1 Å². The zero-order valence-electron chi connectivity index (χ0n) is 24.2. The summed E-state index contributed by atoms with van der Waals surface area (Å²) in [7, 11) is 1.70. The first-order chi connectivity index (χ1) is 17.6. The van der Waals surface area contributed by atoms with Crippen LogP contribution in [0.5, 0.6) is 5.75 Å². The third-order valence-electron chi connectivity index (χ3n) is 8.06. The molecule has 0 aromatic heterocycles. The summed E-state index contributed by atoms with van der Waals surface area (Å²) in [6, 6.07) is 6.06. The maximum Gasteiger partial charge on any atom is 0.136 e.